The molecule has 0 N–H and O–H groups in total. The fraction of sp³-hybridized carbons (Fsp3) is 0.375. The summed E-state index contributed by atoms with van der Waals surface area (Å²) in [6, 6.07) is 6.58. The normalized spacial score (nSPS) is 21.0. The molecule has 0 bridgehead atoms. The molecule has 0 aromatic heterocycles. The molecule has 0 spiro atoms. The third kappa shape index (κ3) is 3.72. The maximum Gasteiger partial charge on any atom is 0.123 e. The highest BCUT2D eigenvalue weighted by Gasteiger charge is 2.16. The zero-order valence-electron chi connectivity index (χ0n) is 10.5. The minimum atomic E-state index is -0.190. The van der Waals surface area contributed by atoms with E-state index in [1.165, 1.54) is 25.0 Å². The Balaban J connectivity index is 1.92. The van der Waals surface area contributed by atoms with Crippen LogP contribution in [0.25, 0.3) is 6.08 Å². The molecule has 1 saturated heterocycles. The summed E-state index contributed by atoms with van der Waals surface area (Å²) >= 11 is 0. The van der Waals surface area contributed by atoms with E-state index >= 15 is 0 Å². The van der Waals surface area contributed by atoms with Gasteiger partial charge in [-0.2, -0.15) is 0 Å². The quantitative estimate of drug-likeness (QED) is 0.737. The number of nitrogens with zero attached hydrogens (tertiary/aromatic N) is 1. The van der Waals surface area contributed by atoms with Crippen LogP contribution in [-0.4, -0.2) is 24.5 Å². The van der Waals surface area contributed by atoms with Crippen molar-refractivity contribution >= 4 is 6.08 Å². The molecule has 2 heteroatoms. The Labute approximate surface area is 108 Å². The molecule has 1 aromatic carbocycles. The Morgan fingerprint density at radius 1 is 1.39 bits per heavy atom. The summed E-state index contributed by atoms with van der Waals surface area (Å²) in [5, 5.41) is 0. The highest BCUT2D eigenvalue weighted by molar-refractivity contribution is 5.49. The van der Waals surface area contributed by atoms with Crippen LogP contribution in [0.5, 0.6) is 0 Å². The van der Waals surface area contributed by atoms with E-state index in [0.29, 0.717) is 5.92 Å². The summed E-state index contributed by atoms with van der Waals surface area (Å²) in [5.41, 5.74) is 1.05. The van der Waals surface area contributed by atoms with Crippen molar-refractivity contribution in [2.75, 3.05) is 19.6 Å². The summed E-state index contributed by atoms with van der Waals surface area (Å²) in [6.07, 6.45) is 12.0. The van der Waals surface area contributed by atoms with Crippen molar-refractivity contribution in [3.63, 3.8) is 0 Å². The molecule has 18 heavy (non-hydrogen) atoms. The van der Waals surface area contributed by atoms with Gasteiger partial charge in [0.05, 0.1) is 6.54 Å². The fourth-order valence-electron chi connectivity index (χ4n) is 2.34. The van der Waals surface area contributed by atoms with E-state index < -0.39 is 0 Å². The van der Waals surface area contributed by atoms with Gasteiger partial charge in [-0.3, -0.25) is 4.90 Å². The Morgan fingerprint density at radius 2 is 2.17 bits per heavy atom. The summed E-state index contributed by atoms with van der Waals surface area (Å²) in [7, 11) is 0. The molecule has 1 aromatic rings. The van der Waals surface area contributed by atoms with E-state index in [9.17, 15) is 4.39 Å². The van der Waals surface area contributed by atoms with Crippen molar-refractivity contribution in [2.24, 2.45) is 5.92 Å². The molecule has 0 radical (unpaired) electrons. The third-order valence-corrected chi connectivity index (χ3v) is 3.29. The lowest BCUT2D eigenvalue weighted by molar-refractivity contribution is 0.219. The number of benzene rings is 1. The number of hydrogen-bond acceptors (Lipinski definition) is 1. The van der Waals surface area contributed by atoms with Crippen molar-refractivity contribution in [2.45, 2.75) is 12.8 Å². The highest BCUT2D eigenvalue weighted by atomic mass is 19.1. The second kappa shape index (κ2) is 6.37. The topological polar surface area (TPSA) is 3.24 Å². The van der Waals surface area contributed by atoms with Crippen molar-refractivity contribution in [1.29, 1.82) is 0 Å². The maximum atomic E-state index is 12.8. The van der Waals surface area contributed by atoms with Crippen molar-refractivity contribution in [1.82, 2.24) is 4.90 Å². The summed E-state index contributed by atoms with van der Waals surface area (Å²) in [6.45, 7) is 2.87. The van der Waals surface area contributed by atoms with Crippen LogP contribution in [0.15, 0.2) is 30.3 Å². The van der Waals surface area contributed by atoms with E-state index in [2.05, 4.69) is 23.0 Å². The van der Waals surface area contributed by atoms with E-state index in [4.69, 9.17) is 6.42 Å². The average Bonchev–Trinajstić information content (AvgIpc) is 2.39. The van der Waals surface area contributed by atoms with Gasteiger partial charge in [0.2, 0.25) is 0 Å². The van der Waals surface area contributed by atoms with Gasteiger partial charge in [0.15, 0.2) is 0 Å². The molecular formula is C16H18FN. The van der Waals surface area contributed by atoms with Crippen molar-refractivity contribution in [3.8, 4) is 12.3 Å². The molecular weight excluding hydrogens is 225 g/mol. The fourth-order valence-corrected chi connectivity index (χ4v) is 2.34. The lowest BCUT2D eigenvalue weighted by Gasteiger charge is -2.29. The number of hydrogen-bond donors (Lipinski definition) is 0. The van der Waals surface area contributed by atoms with Crippen LogP contribution in [-0.2, 0) is 0 Å². The number of rotatable bonds is 3. The third-order valence-electron chi connectivity index (χ3n) is 3.29. The van der Waals surface area contributed by atoms with Crippen molar-refractivity contribution < 1.29 is 4.39 Å². The summed E-state index contributed by atoms with van der Waals surface area (Å²) in [5.74, 6) is 3.06. The van der Waals surface area contributed by atoms with Gasteiger partial charge in [0, 0.05) is 6.54 Å². The first-order valence-corrected chi connectivity index (χ1v) is 6.37. The van der Waals surface area contributed by atoms with Crippen LogP contribution in [0.2, 0.25) is 0 Å². The lowest BCUT2D eigenvalue weighted by Crippen LogP contribution is -2.34. The molecule has 1 aliphatic heterocycles. The van der Waals surface area contributed by atoms with Crippen LogP contribution in [0, 0.1) is 24.1 Å². The van der Waals surface area contributed by atoms with Gasteiger partial charge in [0.1, 0.15) is 5.82 Å². The molecule has 0 aliphatic carbocycles. The Hall–Kier alpha value is -1.59. The van der Waals surface area contributed by atoms with Crippen LogP contribution in [0.3, 0.4) is 0 Å². The Kier molecular flexibility index (Phi) is 4.55. The molecule has 94 valence electrons. The van der Waals surface area contributed by atoms with Gasteiger partial charge in [-0.15, -0.1) is 6.42 Å². The predicted octanol–water partition coefficient (Wildman–Crippen LogP) is 3.18. The minimum Gasteiger partial charge on any atom is -0.292 e. The van der Waals surface area contributed by atoms with E-state index in [0.717, 1.165) is 25.2 Å². The van der Waals surface area contributed by atoms with Gasteiger partial charge in [-0.1, -0.05) is 30.2 Å². The first kappa shape index (κ1) is 12.9. The summed E-state index contributed by atoms with van der Waals surface area (Å²) in [4.78, 5) is 2.31. The molecule has 1 unspecified atom stereocenters. The molecule has 1 heterocycles. The first-order chi connectivity index (χ1) is 8.78. The first-order valence-electron chi connectivity index (χ1n) is 6.37. The minimum absolute atomic E-state index is 0.190. The van der Waals surface area contributed by atoms with Gasteiger partial charge < -0.3 is 0 Å². The van der Waals surface area contributed by atoms with Gasteiger partial charge in [0.25, 0.3) is 0 Å². The predicted molar refractivity (Wildman–Crippen MR) is 73.4 cm³/mol. The SMILES string of the molecule is C#CCN1CCCC(/C=C/c2ccc(F)cc2)C1. The monoisotopic (exact) mass is 243 g/mol. The molecule has 2 rings (SSSR count). The van der Waals surface area contributed by atoms with Crippen LogP contribution in [0.4, 0.5) is 4.39 Å². The zero-order chi connectivity index (χ0) is 12.8. The number of likely N-dealkylation sites (tertiary alicyclic amines) is 1. The Bertz CT molecular complexity index is 441. The van der Waals surface area contributed by atoms with Crippen molar-refractivity contribution in [3.05, 3.63) is 41.7 Å². The van der Waals surface area contributed by atoms with Crippen LogP contribution >= 0.6 is 0 Å². The summed E-state index contributed by atoms with van der Waals surface area (Å²) < 4.78 is 12.8. The number of halogens is 1. The largest absolute Gasteiger partial charge is 0.292 e. The van der Waals surface area contributed by atoms with Gasteiger partial charge >= 0.3 is 0 Å². The molecule has 1 fully saturated rings. The second-order valence-corrected chi connectivity index (χ2v) is 4.75. The number of piperidine rings is 1. The number of terminal acetylenes is 1. The molecule has 0 saturated carbocycles. The molecule has 1 atom stereocenters. The molecule has 0 amide bonds. The van der Waals surface area contributed by atoms with E-state index in [1.807, 2.05) is 0 Å². The Morgan fingerprint density at radius 3 is 2.89 bits per heavy atom. The van der Waals surface area contributed by atoms with E-state index in [1.54, 1.807) is 12.1 Å². The standard InChI is InChI=1S/C16H18FN/c1-2-11-18-12-3-4-15(13-18)6-5-14-7-9-16(17)10-8-14/h1,5-10,15H,3-4,11-13H2/b6-5+. The maximum absolute atomic E-state index is 12.8. The smallest absolute Gasteiger partial charge is 0.123 e. The molecule has 1 aliphatic rings. The lowest BCUT2D eigenvalue weighted by atomic mass is 9.97. The van der Waals surface area contributed by atoms with E-state index in [-0.39, 0.29) is 5.82 Å². The second-order valence-electron chi connectivity index (χ2n) is 4.75. The van der Waals surface area contributed by atoms with Gasteiger partial charge in [-0.25, -0.2) is 4.39 Å². The average molecular weight is 243 g/mol. The van der Waals surface area contributed by atoms with Crippen LogP contribution < -0.4 is 0 Å². The van der Waals surface area contributed by atoms with Gasteiger partial charge in [-0.05, 0) is 43.0 Å². The highest BCUT2D eigenvalue weighted by Crippen LogP contribution is 2.18. The molecule has 1 nitrogen and oxygen atoms in total. The zero-order valence-corrected chi connectivity index (χ0v) is 10.5. The van der Waals surface area contributed by atoms with Crippen LogP contribution in [0.1, 0.15) is 18.4 Å².